The molecule has 2 heterocycles. The van der Waals surface area contributed by atoms with Crippen LogP contribution < -0.4 is 21.1 Å². The van der Waals surface area contributed by atoms with Gasteiger partial charge in [0, 0.05) is 48.2 Å². The number of aromatic nitrogens is 1. The predicted octanol–water partition coefficient (Wildman–Crippen LogP) is 4.64. The molecule has 40 heavy (non-hydrogen) atoms. The molecule has 0 atom stereocenters. The fraction of sp³-hybridized carbons (Fsp3) is 0.269. The quantitative estimate of drug-likeness (QED) is 0.155. The highest BCUT2D eigenvalue weighted by Crippen LogP contribution is 2.36. The fourth-order valence-corrected chi connectivity index (χ4v) is 4.22. The second-order valence-electron chi connectivity index (χ2n) is 8.80. The smallest absolute Gasteiger partial charge is 0.416 e. The first-order valence-corrected chi connectivity index (χ1v) is 12.1. The molecule has 0 radical (unpaired) electrons. The van der Waals surface area contributed by atoms with E-state index in [1.165, 1.54) is 13.2 Å². The third kappa shape index (κ3) is 6.76. The number of urea groups is 1. The topological polar surface area (TPSA) is 141 Å². The minimum atomic E-state index is -4.70. The summed E-state index contributed by atoms with van der Waals surface area (Å²) in [5.41, 5.74) is 7.20. The Bertz CT molecular complexity index is 1420. The number of hydrogen-bond acceptors (Lipinski definition) is 5. The molecule has 0 unspecified atom stereocenters. The SMILES string of the molecule is COc1cc(NC(=O)Nc2cc(C(F)(F)F)ccc2F)ccc1-c1cc(CN2CCOCC2)[nH]c1/C(N)=N\C=N. The molecule has 2 amide bonds. The summed E-state index contributed by atoms with van der Waals surface area (Å²) in [6.45, 7) is 3.40. The third-order valence-electron chi connectivity index (χ3n) is 6.12. The lowest BCUT2D eigenvalue weighted by Gasteiger charge is -2.25. The number of nitrogens with one attached hydrogen (secondary N) is 4. The van der Waals surface area contributed by atoms with Crippen LogP contribution in [-0.2, 0) is 17.5 Å². The van der Waals surface area contributed by atoms with Gasteiger partial charge in [-0.15, -0.1) is 0 Å². The van der Waals surface area contributed by atoms with Crippen LogP contribution in [0, 0.1) is 11.2 Å². The molecule has 1 aliphatic heterocycles. The molecule has 1 aromatic heterocycles. The molecule has 0 bridgehead atoms. The first kappa shape index (κ1) is 28.6. The van der Waals surface area contributed by atoms with E-state index >= 15 is 0 Å². The van der Waals surface area contributed by atoms with Gasteiger partial charge in [0.15, 0.2) is 0 Å². The zero-order valence-corrected chi connectivity index (χ0v) is 21.4. The number of ether oxygens (including phenoxy) is 2. The molecule has 1 fully saturated rings. The lowest BCUT2D eigenvalue weighted by molar-refractivity contribution is -0.137. The Kier molecular flexibility index (Phi) is 8.70. The molecule has 1 aliphatic rings. The number of anilines is 2. The van der Waals surface area contributed by atoms with Gasteiger partial charge in [0.1, 0.15) is 23.7 Å². The van der Waals surface area contributed by atoms with Crippen LogP contribution in [-0.4, -0.2) is 61.5 Å². The number of benzene rings is 2. The van der Waals surface area contributed by atoms with Crippen LogP contribution in [0.25, 0.3) is 11.1 Å². The summed E-state index contributed by atoms with van der Waals surface area (Å²) in [7, 11) is 1.43. The maximum atomic E-state index is 14.0. The molecule has 10 nitrogen and oxygen atoms in total. The molecule has 212 valence electrons. The number of alkyl halides is 3. The van der Waals surface area contributed by atoms with Gasteiger partial charge in [0.05, 0.1) is 37.3 Å². The lowest BCUT2D eigenvalue weighted by Crippen LogP contribution is -2.35. The molecule has 0 saturated carbocycles. The summed E-state index contributed by atoms with van der Waals surface area (Å²) >= 11 is 0. The second kappa shape index (κ2) is 12.2. The van der Waals surface area contributed by atoms with Gasteiger partial charge in [-0.2, -0.15) is 13.2 Å². The molecular weight excluding hydrogens is 534 g/mol. The van der Waals surface area contributed by atoms with Crippen molar-refractivity contribution < 1.29 is 31.8 Å². The van der Waals surface area contributed by atoms with Gasteiger partial charge in [-0.25, -0.2) is 14.2 Å². The first-order chi connectivity index (χ1) is 19.1. The summed E-state index contributed by atoms with van der Waals surface area (Å²) in [6, 6.07) is 7.37. The molecule has 4 rings (SSSR count). The van der Waals surface area contributed by atoms with Crippen molar-refractivity contribution in [2.45, 2.75) is 12.7 Å². The highest BCUT2D eigenvalue weighted by molar-refractivity contribution is 6.06. The van der Waals surface area contributed by atoms with Crippen molar-refractivity contribution in [3.63, 3.8) is 0 Å². The normalized spacial score (nSPS) is 14.6. The minimum absolute atomic E-state index is 0.0879. The Morgan fingerprint density at radius 1 is 1.18 bits per heavy atom. The summed E-state index contributed by atoms with van der Waals surface area (Å²) in [6.07, 6.45) is -3.87. The van der Waals surface area contributed by atoms with Crippen molar-refractivity contribution in [3.05, 3.63) is 65.2 Å². The van der Waals surface area contributed by atoms with Gasteiger partial charge in [0.2, 0.25) is 0 Å². The van der Waals surface area contributed by atoms with Crippen molar-refractivity contribution in [1.29, 1.82) is 5.41 Å². The van der Waals surface area contributed by atoms with Crippen molar-refractivity contribution in [1.82, 2.24) is 9.88 Å². The van der Waals surface area contributed by atoms with Gasteiger partial charge < -0.3 is 30.8 Å². The Balaban J connectivity index is 1.58. The van der Waals surface area contributed by atoms with Crippen LogP contribution in [0.3, 0.4) is 0 Å². The Labute approximate surface area is 226 Å². The number of halogens is 4. The van der Waals surface area contributed by atoms with Gasteiger partial charge in [-0.1, -0.05) is 0 Å². The number of methoxy groups -OCH3 is 1. The molecule has 6 N–H and O–H groups in total. The van der Waals surface area contributed by atoms with Crippen LogP contribution >= 0.6 is 0 Å². The van der Waals surface area contributed by atoms with E-state index in [2.05, 4.69) is 25.5 Å². The third-order valence-corrected chi connectivity index (χ3v) is 6.12. The van der Waals surface area contributed by atoms with E-state index in [-0.39, 0.29) is 11.5 Å². The zero-order chi connectivity index (χ0) is 28.9. The van der Waals surface area contributed by atoms with Crippen molar-refractivity contribution >= 4 is 29.6 Å². The number of nitrogens with two attached hydrogens (primary N) is 1. The number of amidine groups is 1. The van der Waals surface area contributed by atoms with Crippen LogP contribution in [0.1, 0.15) is 17.0 Å². The molecule has 0 spiro atoms. The van der Waals surface area contributed by atoms with E-state index in [0.29, 0.717) is 60.5 Å². The summed E-state index contributed by atoms with van der Waals surface area (Å²) in [5, 5.41) is 11.9. The number of carbonyl (C=O) groups is 1. The number of carbonyl (C=O) groups excluding carboxylic acids is 1. The summed E-state index contributed by atoms with van der Waals surface area (Å²) in [5.74, 6) is -0.595. The summed E-state index contributed by atoms with van der Waals surface area (Å²) in [4.78, 5) is 21.8. The number of hydrogen-bond donors (Lipinski definition) is 5. The molecule has 2 aromatic carbocycles. The van der Waals surface area contributed by atoms with Crippen molar-refractivity contribution in [2.75, 3.05) is 44.0 Å². The van der Waals surface area contributed by atoms with Gasteiger partial charge in [-0.05, 0) is 36.4 Å². The number of H-pyrrole nitrogens is 1. The van der Waals surface area contributed by atoms with Crippen molar-refractivity contribution in [2.24, 2.45) is 10.7 Å². The maximum Gasteiger partial charge on any atom is 0.416 e. The van der Waals surface area contributed by atoms with Gasteiger partial charge in [0.25, 0.3) is 0 Å². The molecule has 1 saturated heterocycles. The molecular formula is C26H27F4N7O3. The Morgan fingerprint density at radius 3 is 2.60 bits per heavy atom. The highest BCUT2D eigenvalue weighted by Gasteiger charge is 2.31. The van der Waals surface area contributed by atoms with Gasteiger partial charge in [-0.3, -0.25) is 10.3 Å². The molecule has 0 aliphatic carbocycles. The first-order valence-electron chi connectivity index (χ1n) is 12.1. The van der Waals surface area contributed by atoms with E-state index in [9.17, 15) is 22.4 Å². The number of amides is 2. The number of nitrogens with zero attached hydrogens (tertiary/aromatic N) is 2. The minimum Gasteiger partial charge on any atom is -0.496 e. The maximum absolute atomic E-state index is 14.0. The Morgan fingerprint density at radius 2 is 1.93 bits per heavy atom. The average molecular weight is 562 g/mol. The average Bonchev–Trinajstić information content (AvgIpc) is 3.33. The molecule has 14 heteroatoms. The highest BCUT2D eigenvalue weighted by atomic mass is 19.4. The van der Waals surface area contributed by atoms with E-state index in [1.807, 2.05) is 6.07 Å². The van der Waals surface area contributed by atoms with E-state index < -0.39 is 29.3 Å². The van der Waals surface area contributed by atoms with E-state index in [1.54, 1.807) is 12.1 Å². The number of aromatic amines is 1. The van der Waals surface area contributed by atoms with E-state index in [0.717, 1.165) is 25.1 Å². The van der Waals surface area contributed by atoms with Crippen molar-refractivity contribution in [3.8, 4) is 16.9 Å². The summed E-state index contributed by atoms with van der Waals surface area (Å²) < 4.78 is 63.9. The van der Waals surface area contributed by atoms with Crippen LogP contribution in [0.5, 0.6) is 5.75 Å². The predicted molar refractivity (Wildman–Crippen MR) is 142 cm³/mol. The number of aliphatic imine (C=N–C) groups is 1. The number of rotatable bonds is 8. The largest absolute Gasteiger partial charge is 0.496 e. The van der Waals surface area contributed by atoms with Gasteiger partial charge >= 0.3 is 12.2 Å². The molecule has 3 aromatic rings. The Hall–Kier alpha value is -4.43. The second-order valence-corrected chi connectivity index (χ2v) is 8.80. The lowest BCUT2D eigenvalue weighted by atomic mass is 10.0. The van der Waals surface area contributed by atoms with Crippen LogP contribution in [0.2, 0.25) is 0 Å². The standard InChI is InChI=1S/C26H27F4N7O3/c1-39-22-12-16(35-25(38)36-21-10-15(26(28,29)30)2-5-20(21)27)3-4-18(22)19-11-17(13-37-6-8-40-9-7-37)34-23(19)24(32)33-14-31/h2-5,10-12,14,34H,6-9,13H2,1H3,(H3,31,32,33)(H2,35,36,38). The van der Waals surface area contributed by atoms with Crippen LogP contribution in [0.4, 0.5) is 33.7 Å². The fourth-order valence-electron chi connectivity index (χ4n) is 4.22. The zero-order valence-electron chi connectivity index (χ0n) is 21.4. The monoisotopic (exact) mass is 561 g/mol. The van der Waals surface area contributed by atoms with Crippen LogP contribution in [0.15, 0.2) is 47.5 Å². The van der Waals surface area contributed by atoms with E-state index in [4.69, 9.17) is 20.6 Å². The number of morpholine rings is 1.